The molecule has 2 heterocycles. The maximum absolute atomic E-state index is 12.7. The number of nitrogens with zero attached hydrogens (tertiary/aromatic N) is 4. The van der Waals surface area contributed by atoms with Crippen molar-refractivity contribution in [3.05, 3.63) is 62.4 Å². The van der Waals surface area contributed by atoms with E-state index in [-0.39, 0.29) is 5.91 Å². The number of nitrogens with one attached hydrogen (secondary N) is 2. The van der Waals surface area contributed by atoms with E-state index in [1.54, 1.807) is 10.7 Å². The van der Waals surface area contributed by atoms with Crippen molar-refractivity contribution in [1.29, 1.82) is 0 Å². The fourth-order valence-corrected chi connectivity index (χ4v) is 3.64. The van der Waals surface area contributed by atoms with Crippen molar-refractivity contribution in [3.63, 3.8) is 0 Å². The lowest BCUT2D eigenvalue weighted by molar-refractivity contribution is 0.0949. The highest BCUT2D eigenvalue weighted by Crippen LogP contribution is 2.42. The lowest BCUT2D eigenvalue weighted by Gasteiger charge is -2.09. The van der Waals surface area contributed by atoms with Crippen molar-refractivity contribution in [1.82, 2.24) is 25.3 Å². The van der Waals surface area contributed by atoms with E-state index in [1.807, 2.05) is 24.3 Å². The van der Waals surface area contributed by atoms with E-state index in [9.17, 15) is 4.79 Å². The van der Waals surface area contributed by atoms with Gasteiger partial charge in [0.2, 0.25) is 0 Å². The minimum absolute atomic E-state index is 0.243. The molecule has 2 N–H and O–H groups in total. The third-order valence-electron chi connectivity index (χ3n) is 4.47. The van der Waals surface area contributed by atoms with Crippen LogP contribution in [0.2, 0.25) is 10.0 Å². The van der Waals surface area contributed by atoms with Crippen LogP contribution < -0.4 is 10.6 Å². The van der Waals surface area contributed by atoms with Crippen LogP contribution in [0.25, 0.3) is 5.69 Å². The van der Waals surface area contributed by atoms with Crippen LogP contribution in [0.5, 0.6) is 0 Å². The monoisotopic (exact) mass is 494 g/mol. The number of benzene rings is 1. The van der Waals surface area contributed by atoms with Gasteiger partial charge >= 0.3 is 0 Å². The molecule has 2 aromatic heterocycles. The Morgan fingerprint density at radius 3 is 2.66 bits per heavy atom. The number of rotatable bonds is 7. The second kappa shape index (κ2) is 8.69. The molecular formula is C19H17BrCl2N6O. The molecule has 1 fully saturated rings. The second-order valence-corrected chi connectivity index (χ2v) is 8.41. The summed E-state index contributed by atoms with van der Waals surface area (Å²) in [5.74, 6) is 0.585. The van der Waals surface area contributed by atoms with E-state index in [1.165, 1.54) is 6.20 Å². The Bertz CT molecular complexity index is 1040. The van der Waals surface area contributed by atoms with Crippen molar-refractivity contribution in [2.75, 3.05) is 18.4 Å². The Kier molecular flexibility index (Phi) is 6.03. The van der Waals surface area contributed by atoms with Crippen LogP contribution in [-0.2, 0) is 0 Å². The van der Waals surface area contributed by atoms with E-state index in [2.05, 4.69) is 41.9 Å². The highest BCUT2D eigenvalue weighted by atomic mass is 79.9. The number of anilines is 1. The highest BCUT2D eigenvalue weighted by Gasteiger charge is 2.34. The fourth-order valence-electron chi connectivity index (χ4n) is 2.93. The maximum Gasteiger partial charge on any atom is 0.273 e. The molecule has 0 saturated heterocycles. The highest BCUT2D eigenvalue weighted by molar-refractivity contribution is 9.10. The van der Waals surface area contributed by atoms with Crippen LogP contribution in [0.15, 0.2) is 41.0 Å². The molecule has 0 radical (unpaired) electrons. The van der Waals surface area contributed by atoms with Gasteiger partial charge in [0.15, 0.2) is 5.69 Å². The van der Waals surface area contributed by atoms with Crippen LogP contribution >= 0.6 is 39.1 Å². The topological polar surface area (TPSA) is 84.7 Å². The zero-order valence-electron chi connectivity index (χ0n) is 15.2. The molecule has 150 valence electrons. The second-order valence-electron chi connectivity index (χ2n) is 6.65. The number of carbonyl (C=O) groups excluding carboxylic acids is 1. The molecule has 4 rings (SSSR count). The van der Waals surface area contributed by atoms with Crippen LogP contribution in [0.1, 0.15) is 34.9 Å². The predicted molar refractivity (Wildman–Crippen MR) is 116 cm³/mol. The fraction of sp³-hybridized carbons (Fsp3) is 0.263. The zero-order chi connectivity index (χ0) is 20.4. The molecule has 7 nitrogen and oxygen atoms in total. The first-order chi connectivity index (χ1) is 14.0. The first-order valence-corrected chi connectivity index (χ1v) is 10.6. The number of carbonyl (C=O) groups is 1. The Morgan fingerprint density at radius 2 is 1.97 bits per heavy atom. The smallest absolute Gasteiger partial charge is 0.273 e. The van der Waals surface area contributed by atoms with Gasteiger partial charge in [-0.15, -0.1) is 5.10 Å². The van der Waals surface area contributed by atoms with Gasteiger partial charge in [-0.3, -0.25) is 4.79 Å². The average molecular weight is 496 g/mol. The van der Waals surface area contributed by atoms with Crippen molar-refractivity contribution in [2.24, 2.45) is 0 Å². The van der Waals surface area contributed by atoms with Gasteiger partial charge < -0.3 is 10.6 Å². The lowest BCUT2D eigenvalue weighted by atomic mass is 10.2. The molecule has 3 aromatic rings. The van der Waals surface area contributed by atoms with Gasteiger partial charge in [0.1, 0.15) is 5.82 Å². The number of pyridine rings is 1. The van der Waals surface area contributed by atoms with Gasteiger partial charge in [0, 0.05) is 29.7 Å². The third-order valence-corrected chi connectivity index (χ3v) is 5.49. The molecule has 29 heavy (non-hydrogen) atoms. The molecule has 1 aliphatic carbocycles. The van der Waals surface area contributed by atoms with Crippen LogP contribution in [0.4, 0.5) is 5.82 Å². The molecule has 1 saturated carbocycles. The molecule has 1 aliphatic rings. The number of hydrogen-bond donors (Lipinski definition) is 2. The Morgan fingerprint density at radius 1 is 1.21 bits per heavy atom. The van der Waals surface area contributed by atoms with E-state index >= 15 is 0 Å². The third kappa shape index (κ3) is 4.71. The predicted octanol–water partition coefficient (Wildman–Crippen LogP) is 4.45. The first kappa shape index (κ1) is 20.1. The first-order valence-electron chi connectivity index (χ1n) is 9.07. The number of aromatic nitrogens is 4. The largest absolute Gasteiger partial charge is 0.367 e. The minimum Gasteiger partial charge on any atom is -0.367 e. The zero-order valence-corrected chi connectivity index (χ0v) is 18.3. The van der Waals surface area contributed by atoms with Crippen molar-refractivity contribution >= 4 is 50.9 Å². The van der Waals surface area contributed by atoms with E-state index in [0.717, 1.165) is 28.7 Å². The van der Waals surface area contributed by atoms with Gasteiger partial charge in [-0.05, 0) is 43.2 Å². The summed E-state index contributed by atoms with van der Waals surface area (Å²) in [5, 5.41) is 15.2. The molecule has 1 aromatic carbocycles. The minimum atomic E-state index is -0.243. The number of hydrogen-bond acceptors (Lipinski definition) is 5. The summed E-state index contributed by atoms with van der Waals surface area (Å²) in [6.45, 7) is 0.842. The summed E-state index contributed by atoms with van der Waals surface area (Å²) in [6, 6.07) is 9.38. The summed E-state index contributed by atoms with van der Waals surface area (Å²) < 4.78 is 2.74. The van der Waals surface area contributed by atoms with E-state index < -0.39 is 0 Å². The van der Waals surface area contributed by atoms with Gasteiger partial charge in [-0.2, -0.15) is 0 Å². The number of amides is 1. The van der Waals surface area contributed by atoms with Gasteiger partial charge in [0.05, 0.1) is 21.4 Å². The van der Waals surface area contributed by atoms with E-state index in [0.29, 0.717) is 40.6 Å². The standard InChI is InChI=1S/C19H17BrCl2N6O/c20-12-3-5-14(6-4-12)28-17(11-1-2-11)16(26-27-28)19(29)24-8-7-23-18-15(22)9-13(21)10-25-18/h3-6,9-11H,1-2,7-8H2,(H,23,25)(H,24,29). The normalized spacial score (nSPS) is 13.3. The molecule has 0 spiro atoms. The molecule has 0 aliphatic heterocycles. The Balaban J connectivity index is 1.41. The molecule has 1 amide bonds. The summed E-state index contributed by atoms with van der Waals surface area (Å²) in [6.07, 6.45) is 3.58. The lowest BCUT2D eigenvalue weighted by Crippen LogP contribution is -2.30. The SMILES string of the molecule is O=C(NCCNc1ncc(Cl)cc1Cl)c1nnn(-c2ccc(Br)cc2)c1C1CC1. The van der Waals surface area contributed by atoms with Gasteiger partial charge in [-0.1, -0.05) is 44.3 Å². The summed E-state index contributed by atoms with van der Waals surface area (Å²) >= 11 is 15.3. The van der Waals surface area contributed by atoms with Gasteiger partial charge in [0.25, 0.3) is 5.91 Å². The molecule has 0 bridgehead atoms. The van der Waals surface area contributed by atoms with Crippen LogP contribution in [-0.4, -0.2) is 39.0 Å². The van der Waals surface area contributed by atoms with Crippen molar-refractivity contribution in [3.8, 4) is 5.69 Å². The van der Waals surface area contributed by atoms with Crippen LogP contribution in [0, 0.1) is 0 Å². The summed E-state index contributed by atoms with van der Waals surface area (Å²) in [4.78, 5) is 16.8. The van der Waals surface area contributed by atoms with Crippen molar-refractivity contribution < 1.29 is 4.79 Å². The molecule has 10 heteroatoms. The maximum atomic E-state index is 12.7. The molecule has 0 atom stereocenters. The Hall–Kier alpha value is -2.16. The van der Waals surface area contributed by atoms with E-state index in [4.69, 9.17) is 23.2 Å². The Labute approximate surface area is 185 Å². The average Bonchev–Trinajstić information content (AvgIpc) is 3.45. The summed E-state index contributed by atoms with van der Waals surface area (Å²) in [7, 11) is 0. The van der Waals surface area contributed by atoms with Crippen molar-refractivity contribution in [2.45, 2.75) is 18.8 Å². The summed E-state index contributed by atoms with van der Waals surface area (Å²) in [5.41, 5.74) is 2.12. The van der Waals surface area contributed by atoms with Gasteiger partial charge in [-0.25, -0.2) is 9.67 Å². The number of halogens is 3. The molecule has 0 unspecified atom stereocenters. The molecular weight excluding hydrogens is 479 g/mol. The van der Waals surface area contributed by atoms with Crippen LogP contribution in [0.3, 0.4) is 0 Å². The quantitative estimate of drug-likeness (QED) is 0.473.